The molecule has 254 valence electrons. The second-order valence-corrected chi connectivity index (χ2v) is 14.9. The zero-order valence-electron chi connectivity index (χ0n) is 29.6. The van der Waals surface area contributed by atoms with E-state index in [4.69, 9.17) is 4.42 Å². The van der Waals surface area contributed by atoms with Crippen LogP contribution in [0.5, 0.6) is 0 Å². The Morgan fingerprint density at radius 2 is 0.618 bits per heavy atom. The highest BCUT2D eigenvalue weighted by Gasteiger charge is 2.18. The summed E-state index contributed by atoms with van der Waals surface area (Å²) in [5.74, 6) is 0. The fraction of sp³-hybridized carbons (Fsp3) is 0. The molecule has 0 spiro atoms. The van der Waals surface area contributed by atoms with E-state index < -0.39 is 0 Å². The zero-order valence-corrected chi connectivity index (χ0v) is 29.6. The summed E-state index contributed by atoms with van der Waals surface area (Å²) >= 11 is 0. The van der Waals surface area contributed by atoms with Crippen molar-refractivity contribution in [2.24, 2.45) is 0 Å². The van der Waals surface area contributed by atoms with Crippen LogP contribution in [0.1, 0.15) is 0 Å². The van der Waals surface area contributed by atoms with Crippen LogP contribution in [-0.4, -0.2) is 9.13 Å². The summed E-state index contributed by atoms with van der Waals surface area (Å²) in [5.41, 5.74) is 13.7. The topological polar surface area (TPSA) is 23.0 Å². The molecule has 0 atom stereocenters. The molecule has 13 aromatic rings. The highest BCUT2D eigenvalue weighted by molar-refractivity contribution is 6.25. The highest BCUT2D eigenvalue weighted by Crippen LogP contribution is 2.41. The van der Waals surface area contributed by atoms with E-state index in [1.165, 1.54) is 65.2 Å². The summed E-state index contributed by atoms with van der Waals surface area (Å²) < 4.78 is 11.4. The second kappa shape index (κ2) is 10.6. The van der Waals surface area contributed by atoms with Crippen molar-refractivity contribution in [1.29, 1.82) is 0 Å². The predicted molar refractivity (Wildman–Crippen MR) is 231 cm³/mol. The first-order valence-corrected chi connectivity index (χ1v) is 18.9. The molecule has 0 bridgehead atoms. The third-order valence-electron chi connectivity index (χ3n) is 12.0. The lowest BCUT2D eigenvalue weighted by atomic mass is 10.0. The molecule has 0 aliphatic carbocycles. The number of aromatic nitrogens is 2. The van der Waals surface area contributed by atoms with Gasteiger partial charge in [0.2, 0.25) is 0 Å². The Hall–Kier alpha value is -7.36. The molecule has 0 amide bonds. The van der Waals surface area contributed by atoms with Crippen molar-refractivity contribution in [2.75, 3.05) is 0 Å². The average Bonchev–Trinajstić information content (AvgIpc) is 3.91. The monoisotopic (exact) mass is 698 g/mol. The average molecular weight is 699 g/mol. The van der Waals surface area contributed by atoms with Crippen LogP contribution in [0.15, 0.2) is 186 Å². The Morgan fingerprint density at radius 3 is 0.964 bits per heavy atom. The van der Waals surface area contributed by atoms with E-state index in [0.717, 1.165) is 55.6 Å². The Labute approximate surface area is 315 Å². The van der Waals surface area contributed by atoms with Crippen LogP contribution in [0.3, 0.4) is 0 Å². The van der Waals surface area contributed by atoms with Crippen molar-refractivity contribution in [3.05, 3.63) is 182 Å². The van der Waals surface area contributed by atoms with Crippen LogP contribution >= 0.6 is 0 Å². The first-order chi connectivity index (χ1) is 27.2. The molecule has 0 unspecified atom stereocenters. The third-order valence-corrected chi connectivity index (χ3v) is 12.0. The van der Waals surface area contributed by atoms with Crippen molar-refractivity contribution in [1.82, 2.24) is 9.13 Å². The number of hydrogen-bond donors (Lipinski definition) is 0. The summed E-state index contributed by atoms with van der Waals surface area (Å²) in [4.78, 5) is 0. The first-order valence-electron chi connectivity index (χ1n) is 18.9. The van der Waals surface area contributed by atoms with E-state index >= 15 is 0 Å². The van der Waals surface area contributed by atoms with E-state index in [1.807, 2.05) is 0 Å². The van der Waals surface area contributed by atoms with Gasteiger partial charge in [-0.1, -0.05) is 109 Å². The molecule has 3 heterocycles. The molecule has 0 aliphatic rings. The molecule has 55 heavy (non-hydrogen) atoms. The summed E-state index contributed by atoms with van der Waals surface area (Å²) in [7, 11) is 0. The molecular weight excluding hydrogens is 669 g/mol. The van der Waals surface area contributed by atoms with Crippen molar-refractivity contribution >= 4 is 87.1 Å². The van der Waals surface area contributed by atoms with Gasteiger partial charge in [-0.2, -0.15) is 0 Å². The molecule has 0 fully saturated rings. The number of nitrogens with zero attached hydrogens (tertiary/aromatic N) is 2. The van der Waals surface area contributed by atoms with Gasteiger partial charge in [-0.15, -0.1) is 0 Å². The van der Waals surface area contributed by atoms with Crippen LogP contribution < -0.4 is 0 Å². The predicted octanol–water partition coefficient (Wildman–Crippen LogP) is 14.3. The minimum absolute atomic E-state index is 0.898. The van der Waals surface area contributed by atoms with Gasteiger partial charge in [0, 0.05) is 43.7 Å². The van der Waals surface area contributed by atoms with Gasteiger partial charge in [0.1, 0.15) is 11.2 Å². The summed E-state index contributed by atoms with van der Waals surface area (Å²) in [6.07, 6.45) is 0. The Bertz CT molecular complexity index is 3260. The first kappa shape index (κ1) is 29.1. The SMILES string of the molecule is c1cc2ccc3cccc4c3c2c(c1)n4-c1ccc(-c2ccc3c(c2)oc2cc(-c4ccc(-n5c6cccc7ccc8cccc5c8c76)cc4)ccc23)cc1. The third kappa shape index (κ3) is 3.99. The molecule has 0 saturated heterocycles. The highest BCUT2D eigenvalue weighted by atomic mass is 16.3. The van der Waals surface area contributed by atoms with Crippen LogP contribution in [0.2, 0.25) is 0 Å². The van der Waals surface area contributed by atoms with Gasteiger partial charge >= 0.3 is 0 Å². The number of rotatable bonds is 4. The van der Waals surface area contributed by atoms with Crippen LogP contribution in [0, 0.1) is 0 Å². The maximum absolute atomic E-state index is 6.57. The van der Waals surface area contributed by atoms with Crippen molar-refractivity contribution in [2.45, 2.75) is 0 Å². The normalized spacial score (nSPS) is 12.4. The summed E-state index contributed by atoms with van der Waals surface area (Å²) in [5, 5.41) is 12.7. The smallest absolute Gasteiger partial charge is 0.136 e. The van der Waals surface area contributed by atoms with E-state index in [1.54, 1.807) is 0 Å². The molecule has 10 aromatic carbocycles. The fourth-order valence-electron chi connectivity index (χ4n) is 9.54. The largest absolute Gasteiger partial charge is 0.456 e. The van der Waals surface area contributed by atoms with Gasteiger partial charge < -0.3 is 13.6 Å². The Kier molecular flexibility index (Phi) is 5.63. The van der Waals surface area contributed by atoms with Gasteiger partial charge in [-0.05, 0) is 117 Å². The van der Waals surface area contributed by atoms with E-state index in [9.17, 15) is 0 Å². The van der Waals surface area contributed by atoms with Gasteiger partial charge in [0.25, 0.3) is 0 Å². The van der Waals surface area contributed by atoms with Gasteiger partial charge in [0.05, 0.1) is 22.1 Å². The molecule has 13 rings (SSSR count). The summed E-state index contributed by atoms with van der Waals surface area (Å²) in [6, 6.07) is 66.4. The molecule has 0 radical (unpaired) electrons. The fourth-order valence-corrected chi connectivity index (χ4v) is 9.54. The molecule has 3 nitrogen and oxygen atoms in total. The van der Waals surface area contributed by atoms with Crippen LogP contribution in [0.25, 0.3) is 121 Å². The van der Waals surface area contributed by atoms with Gasteiger partial charge in [-0.25, -0.2) is 0 Å². The molecular formula is C52H30N2O. The number of benzene rings is 10. The van der Waals surface area contributed by atoms with E-state index in [-0.39, 0.29) is 0 Å². The lowest BCUT2D eigenvalue weighted by Crippen LogP contribution is -1.93. The second-order valence-electron chi connectivity index (χ2n) is 14.9. The molecule has 0 saturated carbocycles. The Morgan fingerprint density at radius 1 is 0.291 bits per heavy atom. The van der Waals surface area contributed by atoms with Crippen molar-refractivity contribution < 1.29 is 4.42 Å². The minimum Gasteiger partial charge on any atom is -0.456 e. The maximum Gasteiger partial charge on any atom is 0.136 e. The van der Waals surface area contributed by atoms with E-state index in [2.05, 4.69) is 191 Å². The number of furan rings is 1. The van der Waals surface area contributed by atoms with E-state index in [0.29, 0.717) is 0 Å². The van der Waals surface area contributed by atoms with Crippen molar-refractivity contribution in [3.8, 4) is 33.6 Å². The standard InChI is InChI=1S/C52H30N2O/c1-5-33-13-14-34-6-2-10-44-50(34)49(33)43(9-1)53(44)39-23-17-31(18-24-39)37-21-27-41-42-28-22-38(30-48(42)55-47(41)29-37)32-19-25-40(26-20-32)54-45-11-3-7-35-15-16-36-8-4-12-46(54)52(36)51(35)45/h1-30H. The van der Waals surface area contributed by atoms with Crippen molar-refractivity contribution in [3.63, 3.8) is 0 Å². The Balaban J connectivity index is 0.846. The molecule has 3 heteroatoms. The molecule has 3 aromatic heterocycles. The van der Waals surface area contributed by atoms with Gasteiger partial charge in [0.15, 0.2) is 0 Å². The number of hydrogen-bond acceptors (Lipinski definition) is 1. The molecule has 0 N–H and O–H groups in total. The van der Waals surface area contributed by atoms with Crippen LogP contribution in [-0.2, 0) is 0 Å². The quantitative estimate of drug-likeness (QED) is 0.168. The summed E-state index contributed by atoms with van der Waals surface area (Å²) in [6.45, 7) is 0. The van der Waals surface area contributed by atoms with Gasteiger partial charge in [-0.3, -0.25) is 0 Å². The lowest BCUT2D eigenvalue weighted by molar-refractivity contribution is 0.669. The van der Waals surface area contributed by atoms with Crippen LogP contribution in [0.4, 0.5) is 0 Å². The minimum atomic E-state index is 0.898. The lowest BCUT2D eigenvalue weighted by Gasteiger charge is -2.09. The number of fused-ring (bicyclic) bond motifs is 3. The zero-order chi connectivity index (χ0) is 35.8. The maximum atomic E-state index is 6.57. The molecule has 0 aliphatic heterocycles.